The van der Waals surface area contributed by atoms with Crippen molar-refractivity contribution >= 4 is 17.6 Å². The first-order valence-corrected chi connectivity index (χ1v) is 7.37. The molecule has 0 radical (unpaired) electrons. The summed E-state index contributed by atoms with van der Waals surface area (Å²) in [4.78, 5) is 0. The Morgan fingerprint density at radius 3 is 2.22 bits per heavy atom. The van der Waals surface area contributed by atoms with Crippen LogP contribution in [0.2, 0.25) is 0 Å². The summed E-state index contributed by atoms with van der Waals surface area (Å²) < 4.78 is 71.9. The monoisotopic (exact) mass is 346 g/mol. The maximum Gasteiger partial charge on any atom is 0.195 e. The third-order valence-corrected chi connectivity index (χ3v) is 3.88. The predicted molar refractivity (Wildman–Crippen MR) is 79.7 cm³/mol. The minimum Gasteiger partial charge on any atom is -0.497 e. The molecule has 0 bridgehead atoms. The van der Waals surface area contributed by atoms with Gasteiger partial charge in [0.1, 0.15) is 5.75 Å². The first-order valence-electron chi connectivity index (χ1n) is 6.39. The highest BCUT2D eigenvalue weighted by Gasteiger charge is 2.19. The zero-order valence-corrected chi connectivity index (χ0v) is 12.7. The topological polar surface area (TPSA) is 9.23 Å². The summed E-state index contributed by atoms with van der Waals surface area (Å²) in [7, 11) is 1.50. The Morgan fingerprint density at radius 1 is 0.957 bits per heavy atom. The van der Waals surface area contributed by atoms with E-state index >= 15 is 0 Å². The fraction of sp³-hybridized carbons (Fsp3) is 0.125. The Labute approximate surface area is 133 Å². The third kappa shape index (κ3) is 4.04. The van der Waals surface area contributed by atoms with E-state index in [1.807, 2.05) is 0 Å². The number of hydrogen-bond donors (Lipinski definition) is 0. The standard InChI is InChI=1S/C16H11F5OS/c1-22-10-4-2-9(3-5-10)8-23-16(21)14(19)11-6-7-12(17)15(20)13(11)18/h2-7H,8H2,1H3. The van der Waals surface area contributed by atoms with Gasteiger partial charge in [0.2, 0.25) is 0 Å². The van der Waals surface area contributed by atoms with Gasteiger partial charge in [-0.25, -0.2) is 17.6 Å². The van der Waals surface area contributed by atoms with Crippen LogP contribution in [0.1, 0.15) is 11.1 Å². The second kappa shape index (κ2) is 7.50. The lowest BCUT2D eigenvalue weighted by Crippen LogP contribution is -1.96. The molecular weight excluding hydrogens is 335 g/mol. The van der Waals surface area contributed by atoms with Crippen molar-refractivity contribution in [3.05, 3.63) is 70.1 Å². The van der Waals surface area contributed by atoms with Crippen molar-refractivity contribution in [2.45, 2.75) is 5.75 Å². The summed E-state index contributed by atoms with van der Waals surface area (Å²) in [5.41, 5.74) is -0.270. The quantitative estimate of drug-likeness (QED) is 0.514. The Hall–Kier alpha value is -2.02. The summed E-state index contributed by atoms with van der Waals surface area (Å²) in [6.45, 7) is 0. The van der Waals surface area contributed by atoms with E-state index < -0.39 is 34.0 Å². The van der Waals surface area contributed by atoms with Gasteiger partial charge in [-0.1, -0.05) is 23.9 Å². The van der Waals surface area contributed by atoms with Crippen LogP contribution in [0.25, 0.3) is 5.83 Å². The van der Waals surface area contributed by atoms with E-state index in [9.17, 15) is 22.0 Å². The van der Waals surface area contributed by atoms with E-state index in [0.717, 1.165) is 0 Å². The maximum atomic E-state index is 13.9. The lowest BCUT2D eigenvalue weighted by Gasteiger charge is -2.05. The van der Waals surface area contributed by atoms with Crippen LogP contribution in [-0.4, -0.2) is 7.11 Å². The molecule has 0 aliphatic heterocycles. The van der Waals surface area contributed by atoms with Gasteiger partial charge in [0.15, 0.2) is 28.4 Å². The van der Waals surface area contributed by atoms with Crippen molar-refractivity contribution in [2.75, 3.05) is 7.11 Å². The smallest absolute Gasteiger partial charge is 0.195 e. The van der Waals surface area contributed by atoms with Crippen LogP contribution in [0.3, 0.4) is 0 Å². The fourth-order valence-electron chi connectivity index (χ4n) is 1.73. The van der Waals surface area contributed by atoms with Gasteiger partial charge in [-0.3, -0.25) is 0 Å². The van der Waals surface area contributed by atoms with Crippen LogP contribution in [0, 0.1) is 17.5 Å². The minimum absolute atomic E-state index is 0.0779. The first kappa shape index (κ1) is 17.3. The Kier molecular flexibility index (Phi) is 5.65. The number of methoxy groups -OCH3 is 1. The van der Waals surface area contributed by atoms with E-state index in [1.165, 1.54) is 7.11 Å². The molecule has 0 unspecified atom stereocenters. The first-order chi connectivity index (χ1) is 10.9. The fourth-order valence-corrected chi connectivity index (χ4v) is 2.46. The molecule has 23 heavy (non-hydrogen) atoms. The van der Waals surface area contributed by atoms with Gasteiger partial charge in [-0.05, 0) is 29.8 Å². The molecule has 0 saturated heterocycles. The summed E-state index contributed by atoms with van der Waals surface area (Å²) in [5.74, 6) is -5.95. The predicted octanol–water partition coefficient (Wildman–Crippen LogP) is 5.61. The van der Waals surface area contributed by atoms with Crippen molar-refractivity contribution in [2.24, 2.45) is 0 Å². The van der Waals surface area contributed by atoms with Gasteiger partial charge in [0.05, 0.1) is 12.7 Å². The average molecular weight is 346 g/mol. The van der Waals surface area contributed by atoms with Crippen LogP contribution in [0.15, 0.2) is 41.6 Å². The molecule has 1 nitrogen and oxygen atoms in total. The molecule has 0 saturated carbocycles. The molecule has 2 rings (SSSR count). The molecule has 0 aromatic heterocycles. The van der Waals surface area contributed by atoms with Crippen molar-refractivity contribution < 1.29 is 26.7 Å². The summed E-state index contributed by atoms with van der Waals surface area (Å²) in [6, 6.07) is 7.82. The van der Waals surface area contributed by atoms with Gasteiger partial charge in [-0.15, -0.1) is 0 Å². The molecule has 2 aromatic carbocycles. The molecule has 7 heteroatoms. The zero-order valence-electron chi connectivity index (χ0n) is 11.9. The van der Waals surface area contributed by atoms with Gasteiger partial charge in [0.25, 0.3) is 0 Å². The molecule has 0 amide bonds. The largest absolute Gasteiger partial charge is 0.497 e. The maximum absolute atomic E-state index is 13.9. The second-order valence-corrected chi connectivity index (χ2v) is 5.38. The normalized spacial score (nSPS) is 12.1. The number of halogens is 5. The van der Waals surface area contributed by atoms with Crippen molar-refractivity contribution in [1.29, 1.82) is 0 Å². The van der Waals surface area contributed by atoms with E-state index in [2.05, 4.69) is 0 Å². The van der Waals surface area contributed by atoms with Crippen molar-refractivity contribution in [3.63, 3.8) is 0 Å². The van der Waals surface area contributed by atoms with Gasteiger partial charge in [-0.2, -0.15) is 4.39 Å². The van der Waals surface area contributed by atoms with Crippen LogP contribution in [0.5, 0.6) is 5.75 Å². The molecule has 0 spiro atoms. The van der Waals surface area contributed by atoms with Crippen molar-refractivity contribution in [3.8, 4) is 5.75 Å². The number of ether oxygens (including phenoxy) is 1. The molecule has 0 aliphatic rings. The number of rotatable bonds is 5. The molecule has 122 valence electrons. The van der Waals surface area contributed by atoms with E-state index in [1.54, 1.807) is 24.3 Å². The van der Waals surface area contributed by atoms with Crippen LogP contribution < -0.4 is 4.74 Å². The van der Waals surface area contributed by atoms with Gasteiger partial charge < -0.3 is 4.74 Å². The highest BCUT2D eigenvalue weighted by atomic mass is 32.2. The summed E-state index contributed by atoms with van der Waals surface area (Å²) in [6.07, 6.45) is 0. The molecule has 0 N–H and O–H groups in total. The van der Waals surface area contributed by atoms with Gasteiger partial charge in [0, 0.05) is 5.75 Å². The molecule has 0 heterocycles. The molecule has 0 aliphatic carbocycles. The Balaban J connectivity index is 2.15. The highest BCUT2D eigenvalue weighted by molar-refractivity contribution is 8.02. The Morgan fingerprint density at radius 2 is 1.61 bits per heavy atom. The number of hydrogen-bond acceptors (Lipinski definition) is 2. The Bertz CT molecular complexity index is 728. The second-order valence-electron chi connectivity index (χ2n) is 4.45. The summed E-state index contributed by atoms with van der Waals surface area (Å²) in [5, 5.41) is -1.31. The minimum atomic E-state index is -1.84. The lowest BCUT2D eigenvalue weighted by molar-refractivity contribution is 0.414. The van der Waals surface area contributed by atoms with Crippen LogP contribution >= 0.6 is 11.8 Å². The van der Waals surface area contributed by atoms with E-state index in [4.69, 9.17) is 4.74 Å². The lowest BCUT2D eigenvalue weighted by atomic mass is 10.2. The van der Waals surface area contributed by atoms with Crippen molar-refractivity contribution in [1.82, 2.24) is 0 Å². The molecule has 0 atom stereocenters. The van der Waals surface area contributed by atoms with Crippen LogP contribution in [-0.2, 0) is 5.75 Å². The zero-order chi connectivity index (χ0) is 17.0. The molecule has 2 aromatic rings. The number of benzene rings is 2. The van der Waals surface area contributed by atoms with E-state index in [-0.39, 0.29) is 5.75 Å². The summed E-state index contributed by atoms with van der Waals surface area (Å²) >= 11 is 0.479. The SMILES string of the molecule is COc1ccc(CSC(F)=C(F)c2ccc(F)c(F)c2F)cc1. The highest BCUT2D eigenvalue weighted by Crippen LogP contribution is 2.33. The molecular formula is C16H11F5OS. The van der Waals surface area contributed by atoms with Gasteiger partial charge >= 0.3 is 0 Å². The third-order valence-electron chi connectivity index (χ3n) is 2.97. The van der Waals surface area contributed by atoms with Crippen LogP contribution in [0.4, 0.5) is 22.0 Å². The number of thioether (sulfide) groups is 1. The van der Waals surface area contributed by atoms with E-state index in [0.29, 0.717) is 35.2 Å². The average Bonchev–Trinajstić information content (AvgIpc) is 2.57. The molecule has 0 fully saturated rings.